The molecule has 1 amide bonds. The SMILES string of the molecule is Cc1cc(C)nc(NS(=O)(=O)c2ccc(NC(=O)Cn3nc([N+](=O)[O-])cc3C)cc2)n1. The Kier molecular flexibility index (Phi) is 5.97. The Morgan fingerprint density at radius 2 is 1.71 bits per heavy atom. The molecule has 2 aromatic heterocycles. The molecule has 12 nitrogen and oxygen atoms in total. The third kappa shape index (κ3) is 5.39. The van der Waals surface area contributed by atoms with E-state index in [2.05, 4.69) is 25.1 Å². The highest BCUT2D eigenvalue weighted by atomic mass is 32.2. The number of benzene rings is 1. The maximum Gasteiger partial charge on any atom is 0.390 e. The molecule has 0 fully saturated rings. The average Bonchev–Trinajstić information content (AvgIpc) is 3.01. The minimum atomic E-state index is -3.92. The number of aryl methyl sites for hydroxylation is 3. The number of anilines is 2. The number of hydrogen-bond acceptors (Lipinski definition) is 8. The Morgan fingerprint density at radius 3 is 2.26 bits per heavy atom. The Labute approximate surface area is 177 Å². The van der Waals surface area contributed by atoms with Gasteiger partial charge in [-0.3, -0.25) is 4.79 Å². The quantitative estimate of drug-likeness (QED) is 0.412. The molecule has 3 rings (SSSR count). The van der Waals surface area contributed by atoms with Crippen LogP contribution in [0.25, 0.3) is 0 Å². The predicted octanol–water partition coefficient (Wildman–Crippen LogP) is 1.95. The number of rotatable bonds is 7. The van der Waals surface area contributed by atoms with E-state index in [4.69, 9.17) is 0 Å². The van der Waals surface area contributed by atoms with Crippen molar-refractivity contribution in [1.29, 1.82) is 0 Å². The van der Waals surface area contributed by atoms with Gasteiger partial charge in [-0.25, -0.2) is 23.1 Å². The van der Waals surface area contributed by atoms with Gasteiger partial charge in [0, 0.05) is 17.1 Å². The summed E-state index contributed by atoms with van der Waals surface area (Å²) in [5.74, 6) is -0.850. The highest BCUT2D eigenvalue weighted by Gasteiger charge is 2.19. The van der Waals surface area contributed by atoms with Crippen LogP contribution in [0.1, 0.15) is 17.1 Å². The first kappa shape index (κ1) is 21.8. The first-order valence-electron chi connectivity index (χ1n) is 8.97. The molecule has 0 aliphatic heterocycles. The summed E-state index contributed by atoms with van der Waals surface area (Å²) in [5.41, 5.74) is 2.07. The third-order valence-corrected chi connectivity index (χ3v) is 5.45. The van der Waals surface area contributed by atoms with E-state index in [1.165, 1.54) is 35.0 Å². The number of carbonyl (C=O) groups excluding carboxylic acids is 1. The Balaban J connectivity index is 1.68. The third-order valence-electron chi connectivity index (χ3n) is 4.11. The van der Waals surface area contributed by atoms with Gasteiger partial charge >= 0.3 is 5.82 Å². The highest BCUT2D eigenvalue weighted by Crippen LogP contribution is 2.17. The maximum atomic E-state index is 12.5. The molecular formula is C18H19N7O5S. The van der Waals surface area contributed by atoms with Crippen molar-refractivity contribution in [3.05, 3.63) is 63.6 Å². The molecule has 3 aromatic rings. The standard InChI is InChI=1S/C18H19N7O5S/c1-11-8-12(2)20-18(19-11)23-31(29,30)15-6-4-14(5-7-15)21-17(26)10-24-13(3)9-16(22-24)25(27)28/h4-9H,10H2,1-3H3,(H,21,26)(H,19,20,23). The lowest BCUT2D eigenvalue weighted by Gasteiger charge is -2.09. The van der Waals surface area contributed by atoms with E-state index < -0.39 is 20.9 Å². The Bertz CT molecular complexity index is 1230. The zero-order valence-corrected chi connectivity index (χ0v) is 17.7. The summed E-state index contributed by atoms with van der Waals surface area (Å²) in [5, 5.41) is 17.1. The van der Waals surface area contributed by atoms with Gasteiger partial charge in [-0.05, 0) is 56.0 Å². The summed E-state index contributed by atoms with van der Waals surface area (Å²) in [6, 6.07) is 8.48. The van der Waals surface area contributed by atoms with Gasteiger partial charge in [0.25, 0.3) is 10.0 Å². The van der Waals surface area contributed by atoms with Crippen LogP contribution < -0.4 is 10.0 Å². The number of sulfonamides is 1. The van der Waals surface area contributed by atoms with Gasteiger partial charge in [0.15, 0.2) is 0 Å². The van der Waals surface area contributed by atoms with E-state index in [0.29, 0.717) is 22.8 Å². The van der Waals surface area contributed by atoms with Crippen molar-refractivity contribution in [2.75, 3.05) is 10.0 Å². The van der Waals surface area contributed by atoms with Gasteiger partial charge in [0.05, 0.1) is 21.8 Å². The first-order chi connectivity index (χ1) is 14.5. The van der Waals surface area contributed by atoms with Gasteiger partial charge in [0.1, 0.15) is 6.54 Å². The monoisotopic (exact) mass is 445 g/mol. The lowest BCUT2D eigenvalue weighted by atomic mass is 10.3. The van der Waals surface area contributed by atoms with Crippen LogP contribution in [0.15, 0.2) is 41.3 Å². The van der Waals surface area contributed by atoms with Crippen molar-refractivity contribution in [2.24, 2.45) is 0 Å². The second-order valence-corrected chi connectivity index (χ2v) is 8.39. The normalized spacial score (nSPS) is 11.2. The second kappa shape index (κ2) is 8.47. The molecule has 0 radical (unpaired) electrons. The first-order valence-corrected chi connectivity index (χ1v) is 10.5. The predicted molar refractivity (Wildman–Crippen MR) is 111 cm³/mol. The van der Waals surface area contributed by atoms with E-state index in [0.717, 1.165) is 0 Å². The second-order valence-electron chi connectivity index (χ2n) is 6.71. The lowest BCUT2D eigenvalue weighted by Crippen LogP contribution is -2.20. The van der Waals surface area contributed by atoms with Crippen LogP contribution >= 0.6 is 0 Å². The number of nitrogens with zero attached hydrogens (tertiary/aromatic N) is 5. The van der Waals surface area contributed by atoms with Crippen LogP contribution in [-0.4, -0.2) is 39.0 Å². The zero-order chi connectivity index (χ0) is 22.8. The molecular weight excluding hydrogens is 426 g/mol. The van der Waals surface area contributed by atoms with Crippen LogP contribution in [-0.2, 0) is 21.4 Å². The van der Waals surface area contributed by atoms with Crippen molar-refractivity contribution < 1.29 is 18.1 Å². The molecule has 0 saturated carbocycles. The van der Waals surface area contributed by atoms with E-state index in [1.807, 2.05) is 0 Å². The molecule has 0 bridgehead atoms. The molecule has 0 aliphatic rings. The van der Waals surface area contributed by atoms with Crippen molar-refractivity contribution >= 4 is 33.4 Å². The van der Waals surface area contributed by atoms with Crippen molar-refractivity contribution in [3.8, 4) is 0 Å². The summed E-state index contributed by atoms with van der Waals surface area (Å²) >= 11 is 0. The molecule has 31 heavy (non-hydrogen) atoms. The molecule has 2 heterocycles. The summed E-state index contributed by atoms with van der Waals surface area (Å²) in [4.78, 5) is 30.4. The fourth-order valence-corrected chi connectivity index (χ4v) is 3.69. The van der Waals surface area contributed by atoms with Crippen LogP contribution in [0, 0.1) is 30.9 Å². The van der Waals surface area contributed by atoms with E-state index in [-0.39, 0.29) is 23.2 Å². The largest absolute Gasteiger partial charge is 0.390 e. The van der Waals surface area contributed by atoms with E-state index in [9.17, 15) is 23.3 Å². The Morgan fingerprint density at radius 1 is 1.10 bits per heavy atom. The van der Waals surface area contributed by atoms with Crippen molar-refractivity contribution in [3.63, 3.8) is 0 Å². The van der Waals surface area contributed by atoms with Crippen LogP contribution in [0.2, 0.25) is 0 Å². The summed E-state index contributed by atoms with van der Waals surface area (Å²) in [6.45, 7) is 4.82. The molecule has 0 aliphatic carbocycles. The van der Waals surface area contributed by atoms with Gasteiger partial charge in [0.2, 0.25) is 11.9 Å². The van der Waals surface area contributed by atoms with E-state index >= 15 is 0 Å². The summed E-state index contributed by atoms with van der Waals surface area (Å²) < 4.78 is 28.6. The number of nitrogens with one attached hydrogen (secondary N) is 2. The van der Waals surface area contributed by atoms with Crippen LogP contribution in [0.4, 0.5) is 17.5 Å². The lowest BCUT2D eigenvalue weighted by molar-refractivity contribution is -0.389. The molecule has 13 heteroatoms. The fourth-order valence-electron chi connectivity index (χ4n) is 2.75. The minimum Gasteiger partial charge on any atom is -0.358 e. The molecule has 2 N–H and O–H groups in total. The number of amides is 1. The number of nitro groups is 1. The smallest absolute Gasteiger partial charge is 0.358 e. The van der Waals surface area contributed by atoms with Gasteiger partial charge in [-0.2, -0.15) is 4.68 Å². The van der Waals surface area contributed by atoms with Crippen LogP contribution in [0.3, 0.4) is 0 Å². The number of aromatic nitrogens is 4. The van der Waals surface area contributed by atoms with Crippen LogP contribution in [0.5, 0.6) is 0 Å². The topological polar surface area (TPSA) is 162 Å². The van der Waals surface area contributed by atoms with Crippen molar-refractivity contribution in [2.45, 2.75) is 32.2 Å². The summed E-state index contributed by atoms with van der Waals surface area (Å²) in [7, 11) is -3.92. The zero-order valence-electron chi connectivity index (χ0n) is 16.9. The number of carbonyl (C=O) groups is 1. The molecule has 1 aromatic carbocycles. The summed E-state index contributed by atoms with van der Waals surface area (Å²) in [6.07, 6.45) is 0. The van der Waals surface area contributed by atoms with Gasteiger partial charge in [-0.1, -0.05) is 0 Å². The molecule has 0 spiro atoms. The molecule has 0 saturated heterocycles. The maximum absolute atomic E-state index is 12.5. The number of hydrogen-bond donors (Lipinski definition) is 2. The average molecular weight is 445 g/mol. The van der Waals surface area contributed by atoms with Gasteiger partial charge in [-0.15, -0.1) is 0 Å². The van der Waals surface area contributed by atoms with E-state index in [1.54, 1.807) is 26.8 Å². The minimum absolute atomic E-state index is 0.0291. The van der Waals surface area contributed by atoms with Gasteiger partial charge < -0.3 is 15.4 Å². The Hall–Kier alpha value is -3.87. The molecule has 0 unspecified atom stereocenters. The molecule has 162 valence electrons. The van der Waals surface area contributed by atoms with Crippen molar-refractivity contribution in [1.82, 2.24) is 19.7 Å². The fraction of sp³-hybridized carbons (Fsp3) is 0.222. The molecule has 0 atom stereocenters. The highest BCUT2D eigenvalue weighted by molar-refractivity contribution is 7.92.